The number of rotatable bonds is 34. The van der Waals surface area contributed by atoms with Crippen molar-refractivity contribution in [2.24, 2.45) is 0 Å². The van der Waals surface area contributed by atoms with E-state index in [2.05, 4.69) is 164 Å². The van der Waals surface area contributed by atoms with E-state index >= 15 is 0 Å². The smallest absolute Gasteiger partial charge is 0.320 e. The summed E-state index contributed by atoms with van der Waals surface area (Å²) in [6.07, 6.45) is 71.4. The minimum Gasteiger partial charge on any atom is -0.364 e. The molecule has 5 nitrogen and oxygen atoms in total. The van der Waals surface area contributed by atoms with Crippen LogP contribution in [0, 0.1) is 0 Å². The Morgan fingerprint density at radius 2 is 0.875 bits per heavy atom. The summed E-state index contributed by atoms with van der Waals surface area (Å²) in [5.74, 6) is -1.07. The highest BCUT2D eigenvalue weighted by Gasteiger charge is 2.40. The fourth-order valence-electron chi connectivity index (χ4n) is 5.77. The molecule has 0 saturated carbocycles. The molecule has 0 aliphatic carbocycles. The Bertz CT molecular complexity index is 1230. The predicted octanol–water partition coefficient (Wildman–Crippen LogP) is 15.3. The monoisotopic (exact) mass is 787 g/mol. The van der Waals surface area contributed by atoms with Crippen LogP contribution in [0.4, 0.5) is 0 Å². The maximum Gasteiger partial charge on any atom is 0.320 e. The average Bonchev–Trinajstić information content (AvgIpc) is 3.61. The van der Waals surface area contributed by atoms with E-state index in [0.29, 0.717) is 13.0 Å². The van der Waals surface area contributed by atoms with Crippen LogP contribution in [-0.4, -0.2) is 29.0 Å². The van der Waals surface area contributed by atoms with Gasteiger partial charge in [0.2, 0.25) is 12.3 Å². The van der Waals surface area contributed by atoms with Gasteiger partial charge in [-0.15, -0.1) is 0 Å². The second-order valence-corrected chi connectivity index (χ2v) is 14.0. The molecular weight excluding hydrogens is 713 g/mol. The Kier molecular flexibility index (Phi) is 36.0. The first kappa shape index (κ1) is 50.6. The molecule has 0 spiro atoms. The lowest BCUT2D eigenvalue weighted by atomic mass is 10.0. The molecular formula is C50H74O5S. The van der Waals surface area contributed by atoms with Crippen LogP contribution in [0.5, 0.6) is 0 Å². The summed E-state index contributed by atoms with van der Waals surface area (Å²) in [5, 5.41) is 0. The summed E-state index contributed by atoms with van der Waals surface area (Å²) in [6.45, 7) is 4.79. The van der Waals surface area contributed by atoms with Crippen molar-refractivity contribution in [1.29, 1.82) is 0 Å². The van der Waals surface area contributed by atoms with Crippen molar-refractivity contribution >= 4 is 18.3 Å². The molecule has 1 rings (SSSR count). The number of hydrogen-bond acceptors (Lipinski definition) is 6. The fourth-order valence-corrected chi connectivity index (χ4v) is 5.93. The van der Waals surface area contributed by atoms with Gasteiger partial charge in [0.25, 0.3) is 0 Å². The van der Waals surface area contributed by atoms with Crippen LogP contribution in [-0.2, 0) is 18.5 Å². The van der Waals surface area contributed by atoms with Gasteiger partial charge in [-0.2, -0.15) is 0 Å². The van der Waals surface area contributed by atoms with Crippen LogP contribution in [0.25, 0.3) is 0 Å². The molecule has 0 bridgehead atoms. The highest BCUT2D eigenvalue weighted by molar-refractivity contribution is 7.89. The lowest BCUT2D eigenvalue weighted by Crippen LogP contribution is -2.31. The summed E-state index contributed by atoms with van der Waals surface area (Å²) >= 11 is 0.0925. The zero-order valence-corrected chi connectivity index (χ0v) is 35.6. The molecule has 6 heteroatoms. The third-order valence-electron chi connectivity index (χ3n) is 8.76. The fraction of sp³-hybridized carbons (Fsp3) is 0.500. The Labute approximate surface area is 346 Å². The van der Waals surface area contributed by atoms with E-state index < -0.39 is 11.8 Å². The van der Waals surface area contributed by atoms with Crippen LogP contribution in [0.1, 0.15) is 142 Å². The minimum atomic E-state index is -0.615. The van der Waals surface area contributed by atoms with Gasteiger partial charge < -0.3 is 13.7 Å². The SMILES string of the molecule is CC/C=C\C/C=C\C/C=C\C/C=C\C/C=C\C/C=C\CCCC1(CCC/C=C\C/C=C\C/C=C\C/C=C\C/C=C\C/C=C\CC)OCC(CCC(=O)OSO)O1. The Morgan fingerprint density at radius 1 is 0.554 bits per heavy atom. The number of ether oxygens (including phenoxy) is 2. The molecule has 1 heterocycles. The third-order valence-corrected chi connectivity index (χ3v) is 9.02. The maximum absolute atomic E-state index is 11.8. The van der Waals surface area contributed by atoms with E-state index in [4.69, 9.17) is 14.0 Å². The normalized spacial score (nSPS) is 16.9. The lowest BCUT2D eigenvalue weighted by Gasteiger charge is -2.28. The van der Waals surface area contributed by atoms with E-state index in [0.717, 1.165) is 116 Å². The quantitative estimate of drug-likeness (QED) is 0.0398. The summed E-state index contributed by atoms with van der Waals surface area (Å²) in [4.78, 5) is 11.8. The van der Waals surface area contributed by atoms with Gasteiger partial charge in [-0.3, -0.25) is 9.35 Å². The summed E-state index contributed by atoms with van der Waals surface area (Å²) in [6, 6.07) is 0. The molecule has 1 N–H and O–H groups in total. The van der Waals surface area contributed by atoms with Gasteiger partial charge >= 0.3 is 5.97 Å². The summed E-state index contributed by atoms with van der Waals surface area (Å²) < 4.78 is 26.1. The minimum absolute atomic E-state index is 0.0925. The van der Waals surface area contributed by atoms with Crippen LogP contribution >= 0.6 is 12.3 Å². The van der Waals surface area contributed by atoms with Gasteiger partial charge in [0, 0.05) is 19.3 Å². The zero-order chi connectivity index (χ0) is 40.3. The Hall–Kier alpha value is -3.42. The van der Waals surface area contributed by atoms with Gasteiger partial charge in [0.1, 0.15) is 0 Å². The molecule has 1 atom stereocenters. The predicted molar refractivity (Wildman–Crippen MR) is 243 cm³/mol. The lowest BCUT2D eigenvalue weighted by molar-refractivity contribution is -0.179. The van der Waals surface area contributed by atoms with E-state index in [-0.39, 0.29) is 24.8 Å². The van der Waals surface area contributed by atoms with Crippen LogP contribution in [0.2, 0.25) is 0 Å². The first-order valence-electron chi connectivity index (χ1n) is 21.3. The van der Waals surface area contributed by atoms with Crippen molar-refractivity contribution in [2.75, 3.05) is 6.61 Å². The Morgan fingerprint density at radius 3 is 1.20 bits per heavy atom. The number of unbranched alkanes of at least 4 members (excludes halogenated alkanes) is 2. The van der Waals surface area contributed by atoms with E-state index in [9.17, 15) is 4.79 Å². The molecule has 1 saturated heterocycles. The summed E-state index contributed by atoms with van der Waals surface area (Å²) in [7, 11) is 0. The van der Waals surface area contributed by atoms with Crippen molar-refractivity contribution in [3.63, 3.8) is 0 Å². The van der Waals surface area contributed by atoms with Crippen LogP contribution < -0.4 is 0 Å². The molecule has 0 radical (unpaired) electrons. The van der Waals surface area contributed by atoms with Crippen molar-refractivity contribution < 1.29 is 23.0 Å². The van der Waals surface area contributed by atoms with Crippen LogP contribution in [0.15, 0.2) is 146 Å². The number of hydrogen-bond donors (Lipinski definition) is 1. The molecule has 0 aromatic carbocycles. The molecule has 56 heavy (non-hydrogen) atoms. The van der Waals surface area contributed by atoms with Gasteiger partial charge in [-0.1, -0.05) is 160 Å². The largest absolute Gasteiger partial charge is 0.364 e. The molecule has 0 aromatic heterocycles. The molecule has 0 amide bonds. The van der Waals surface area contributed by atoms with Crippen molar-refractivity contribution in [1.82, 2.24) is 0 Å². The van der Waals surface area contributed by atoms with Gasteiger partial charge in [-0.25, -0.2) is 0 Å². The topological polar surface area (TPSA) is 65.0 Å². The van der Waals surface area contributed by atoms with Crippen molar-refractivity contribution in [2.45, 2.75) is 154 Å². The van der Waals surface area contributed by atoms with E-state index in [1.165, 1.54) is 0 Å². The highest BCUT2D eigenvalue weighted by atomic mass is 32.2. The second-order valence-electron chi connectivity index (χ2n) is 13.6. The molecule has 310 valence electrons. The zero-order valence-electron chi connectivity index (χ0n) is 34.8. The first-order chi connectivity index (χ1) is 27.7. The molecule has 1 aliphatic heterocycles. The number of allylic oxidation sites excluding steroid dienone is 24. The van der Waals surface area contributed by atoms with Crippen molar-refractivity contribution in [3.05, 3.63) is 146 Å². The summed E-state index contributed by atoms with van der Waals surface area (Å²) in [5.41, 5.74) is 0. The third kappa shape index (κ3) is 32.8. The number of carbonyl (C=O) groups excluding carboxylic acids is 1. The van der Waals surface area contributed by atoms with Crippen molar-refractivity contribution in [3.8, 4) is 0 Å². The Balaban J connectivity index is 2.34. The van der Waals surface area contributed by atoms with Crippen LogP contribution in [0.3, 0.4) is 0 Å². The van der Waals surface area contributed by atoms with E-state index in [1.54, 1.807) is 0 Å². The number of carbonyl (C=O) groups is 1. The maximum atomic E-state index is 11.8. The molecule has 1 fully saturated rings. The first-order valence-corrected chi connectivity index (χ1v) is 22.0. The van der Waals surface area contributed by atoms with Gasteiger partial charge in [0.15, 0.2) is 5.79 Å². The molecule has 0 aromatic rings. The van der Waals surface area contributed by atoms with Gasteiger partial charge in [-0.05, 0) is 109 Å². The molecule has 1 unspecified atom stereocenters. The highest BCUT2D eigenvalue weighted by Crippen LogP contribution is 2.35. The van der Waals surface area contributed by atoms with E-state index in [1.807, 2.05) is 0 Å². The molecule has 1 aliphatic rings. The average molecular weight is 787 g/mol. The second kappa shape index (κ2) is 39.8. The van der Waals surface area contributed by atoms with Gasteiger partial charge in [0.05, 0.1) is 12.7 Å². The standard InChI is InChI=1S/C50H74O5S/c1-3-5-7-9-11-13-15-17-19-21-23-25-27-29-31-33-35-37-39-41-45-50(53-47-48(54-50)43-44-49(51)55-56-52)46-42-40-38-36-34-32-30-28-26-24-22-20-18-16-14-12-10-8-6-4-2/h5-8,11-14,17-20,23-26,29-32,35-38,48,52H,3-4,9-10,15-16,21-22,27-28,33-34,39-47H2,1-2H3/b7-5-,8-6-,13-11-,14-12-,19-17-,20-18-,25-23-,26-24-,31-29-,32-30-,37-35-,38-36-.